The molecule has 0 saturated heterocycles. The molecule has 9 heteroatoms. The first kappa shape index (κ1) is 17.2. The van der Waals surface area contributed by atoms with Gasteiger partial charge in [0.2, 0.25) is 5.95 Å². The summed E-state index contributed by atoms with van der Waals surface area (Å²) in [5, 5.41) is 7.95. The van der Waals surface area contributed by atoms with Crippen LogP contribution in [0.25, 0.3) is 0 Å². The monoisotopic (exact) mass is 328 g/mol. The highest BCUT2D eigenvalue weighted by molar-refractivity contribution is 5.29. The predicted molar refractivity (Wildman–Crippen MR) is 78.9 cm³/mol. The molecule has 2 heterocycles. The number of aryl methyl sites for hydroxylation is 1. The fraction of sp³-hybridized carbons (Fsp3) is 0.571. The highest BCUT2D eigenvalue weighted by Crippen LogP contribution is 2.22. The number of halogens is 3. The van der Waals surface area contributed by atoms with Crippen molar-refractivity contribution in [2.24, 2.45) is 0 Å². The molecule has 0 atom stereocenters. The van der Waals surface area contributed by atoms with E-state index in [0.29, 0.717) is 18.2 Å². The average molecular weight is 328 g/mol. The lowest BCUT2D eigenvalue weighted by Crippen LogP contribution is -2.22. The van der Waals surface area contributed by atoms with Gasteiger partial charge in [-0.05, 0) is 26.3 Å². The SMILES string of the molecule is CC(C)n1cnnc1CN(C)c1nccc(CCC(F)(F)F)n1. The van der Waals surface area contributed by atoms with Crippen LogP contribution in [0.2, 0.25) is 0 Å². The van der Waals surface area contributed by atoms with Gasteiger partial charge in [-0.25, -0.2) is 9.97 Å². The maximum Gasteiger partial charge on any atom is 0.389 e. The molecule has 0 saturated carbocycles. The third-order valence-electron chi connectivity index (χ3n) is 3.29. The summed E-state index contributed by atoms with van der Waals surface area (Å²) in [6.45, 7) is 4.45. The molecule has 0 amide bonds. The molecule has 0 aliphatic heterocycles. The minimum absolute atomic E-state index is 0.158. The standard InChI is InChI=1S/C14H19F3N6/c1-10(2)23-9-19-21-12(23)8-22(3)13-18-7-5-11(20-13)4-6-14(15,16)17/h5,7,9-10H,4,6,8H2,1-3H3. The van der Waals surface area contributed by atoms with Gasteiger partial charge >= 0.3 is 6.18 Å². The van der Waals surface area contributed by atoms with Crippen molar-refractivity contribution in [3.05, 3.63) is 30.1 Å². The third-order valence-corrected chi connectivity index (χ3v) is 3.29. The Morgan fingerprint density at radius 2 is 2.04 bits per heavy atom. The van der Waals surface area contributed by atoms with Gasteiger partial charge in [0.1, 0.15) is 6.33 Å². The molecule has 2 rings (SSSR count). The van der Waals surface area contributed by atoms with Crippen molar-refractivity contribution in [3.63, 3.8) is 0 Å². The van der Waals surface area contributed by atoms with Crippen LogP contribution in [0.5, 0.6) is 0 Å². The van der Waals surface area contributed by atoms with Crippen molar-refractivity contribution >= 4 is 5.95 Å². The van der Waals surface area contributed by atoms with Crippen molar-refractivity contribution in [2.75, 3.05) is 11.9 Å². The highest BCUT2D eigenvalue weighted by Gasteiger charge is 2.26. The molecule has 0 aliphatic rings. The molecular formula is C14H19F3N6. The maximum absolute atomic E-state index is 12.3. The Bertz CT molecular complexity index is 637. The predicted octanol–water partition coefficient (Wildman–Crippen LogP) is 2.78. The maximum atomic E-state index is 12.3. The van der Waals surface area contributed by atoms with Crippen molar-refractivity contribution in [2.45, 2.75) is 45.5 Å². The zero-order valence-corrected chi connectivity index (χ0v) is 13.2. The smallest absolute Gasteiger partial charge is 0.336 e. The Hall–Kier alpha value is -2.19. The number of anilines is 1. The van der Waals surface area contributed by atoms with Crippen LogP contribution in [0, 0.1) is 0 Å². The van der Waals surface area contributed by atoms with Crippen LogP contribution in [0.1, 0.15) is 37.8 Å². The summed E-state index contributed by atoms with van der Waals surface area (Å²) >= 11 is 0. The molecule has 6 nitrogen and oxygen atoms in total. The molecule has 0 radical (unpaired) electrons. The molecule has 126 valence electrons. The number of hydrogen-bond acceptors (Lipinski definition) is 5. The Morgan fingerprint density at radius 1 is 1.30 bits per heavy atom. The van der Waals surface area contributed by atoms with Crippen LogP contribution in [-0.2, 0) is 13.0 Å². The van der Waals surface area contributed by atoms with Crippen molar-refractivity contribution in [3.8, 4) is 0 Å². The van der Waals surface area contributed by atoms with Gasteiger partial charge in [0.05, 0.1) is 6.54 Å². The molecule has 23 heavy (non-hydrogen) atoms. The van der Waals surface area contributed by atoms with Crippen LogP contribution in [0.3, 0.4) is 0 Å². The summed E-state index contributed by atoms with van der Waals surface area (Å²) < 4.78 is 38.8. The normalized spacial score (nSPS) is 12.0. The lowest BCUT2D eigenvalue weighted by Gasteiger charge is -2.18. The first-order chi connectivity index (χ1) is 10.8. The van der Waals surface area contributed by atoms with Gasteiger partial charge in [0.25, 0.3) is 0 Å². The third kappa shape index (κ3) is 4.90. The van der Waals surface area contributed by atoms with E-state index in [1.165, 1.54) is 12.3 Å². The number of nitrogens with zero attached hydrogens (tertiary/aromatic N) is 6. The fourth-order valence-electron chi connectivity index (χ4n) is 2.07. The summed E-state index contributed by atoms with van der Waals surface area (Å²) in [7, 11) is 1.77. The van der Waals surface area contributed by atoms with E-state index in [9.17, 15) is 13.2 Å². The average Bonchev–Trinajstić information content (AvgIpc) is 2.93. The van der Waals surface area contributed by atoms with Crippen molar-refractivity contribution < 1.29 is 13.2 Å². The van der Waals surface area contributed by atoms with Gasteiger partial charge in [-0.2, -0.15) is 13.2 Å². The van der Waals surface area contributed by atoms with Crippen LogP contribution in [0.4, 0.5) is 19.1 Å². The zero-order chi connectivity index (χ0) is 17.0. The second-order valence-electron chi connectivity index (χ2n) is 5.57. The zero-order valence-electron chi connectivity index (χ0n) is 13.2. The first-order valence-electron chi connectivity index (χ1n) is 7.24. The van der Waals surface area contributed by atoms with Crippen LogP contribution in [-0.4, -0.2) is 38.0 Å². The summed E-state index contributed by atoms with van der Waals surface area (Å²) in [6.07, 6.45) is -2.12. The lowest BCUT2D eigenvalue weighted by atomic mass is 10.2. The summed E-state index contributed by atoms with van der Waals surface area (Å²) in [6, 6.07) is 1.71. The van der Waals surface area contributed by atoms with E-state index in [4.69, 9.17) is 0 Å². The van der Waals surface area contributed by atoms with Gasteiger partial charge < -0.3 is 9.47 Å². The Morgan fingerprint density at radius 3 is 2.70 bits per heavy atom. The quantitative estimate of drug-likeness (QED) is 0.816. The molecule has 0 spiro atoms. The molecule has 0 fully saturated rings. The molecule has 0 unspecified atom stereocenters. The number of rotatable bonds is 6. The molecule has 2 aromatic rings. The van der Waals surface area contributed by atoms with E-state index in [1.54, 1.807) is 18.3 Å². The van der Waals surface area contributed by atoms with Gasteiger partial charge in [-0.15, -0.1) is 10.2 Å². The Balaban J connectivity index is 2.07. The number of hydrogen-bond donors (Lipinski definition) is 0. The van der Waals surface area contributed by atoms with E-state index >= 15 is 0 Å². The summed E-state index contributed by atoms with van der Waals surface area (Å²) in [5.41, 5.74) is 0.365. The second kappa shape index (κ2) is 6.93. The minimum atomic E-state index is -4.19. The largest absolute Gasteiger partial charge is 0.389 e. The van der Waals surface area contributed by atoms with Gasteiger partial charge in [0.15, 0.2) is 5.82 Å². The van der Waals surface area contributed by atoms with Gasteiger partial charge in [-0.3, -0.25) is 0 Å². The minimum Gasteiger partial charge on any atom is -0.336 e. The van der Waals surface area contributed by atoms with Crippen LogP contribution < -0.4 is 4.90 Å². The Labute approximate surface area is 132 Å². The topological polar surface area (TPSA) is 59.7 Å². The number of alkyl halides is 3. The lowest BCUT2D eigenvalue weighted by molar-refractivity contribution is -0.134. The van der Waals surface area contributed by atoms with Gasteiger partial charge in [-0.1, -0.05) is 0 Å². The molecule has 2 aromatic heterocycles. The van der Waals surface area contributed by atoms with E-state index in [0.717, 1.165) is 5.82 Å². The molecule has 0 N–H and O–H groups in total. The van der Waals surface area contributed by atoms with Crippen LogP contribution in [0.15, 0.2) is 18.6 Å². The van der Waals surface area contributed by atoms with Crippen molar-refractivity contribution in [1.82, 2.24) is 24.7 Å². The highest BCUT2D eigenvalue weighted by atomic mass is 19.4. The summed E-state index contributed by atoms with van der Waals surface area (Å²) in [5.74, 6) is 1.11. The molecule has 0 bridgehead atoms. The molecule has 0 aromatic carbocycles. The Kier molecular flexibility index (Phi) is 5.17. The second-order valence-corrected chi connectivity index (χ2v) is 5.57. The van der Waals surface area contributed by atoms with Crippen LogP contribution >= 0.6 is 0 Å². The fourth-order valence-corrected chi connectivity index (χ4v) is 2.07. The van der Waals surface area contributed by atoms with E-state index in [-0.39, 0.29) is 12.5 Å². The first-order valence-corrected chi connectivity index (χ1v) is 7.24. The van der Waals surface area contributed by atoms with E-state index in [2.05, 4.69) is 20.2 Å². The molecular weight excluding hydrogens is 309 g/mol. The van der Waals surface area contributed by atoms with Crippen molar-refractivity contribution in [1.29, 1.82) is 0 Å². The summed E-state index contributed by atoms with van der Waals surface area (Å²) in [4.78, 5) is 10.0. The molecule has 0 aliphatic carbocycles. The van der Waals surface area contributed by atoms with Gasteiger partial charge in [0, 0.05) is 31.4 Å². The number of aromatic nitrogens is 5. The van der Waals surface area contributed by atoms with E-state index in [1.807, 2.05) is 18.4 Å². The van der Waals surface area contributed by atoms with E-state index < -0.39 is 12.6 Å².